The van der Waals surface area contributed by atoms with E-state index in [1.165, 1.54) is 4.88 Å². The largest absolute Gasteiger partial charge is 0.441 e. The molecule has 0 saturated carbocycles. The molecular formula is C24H22N2O4S2. The molecule has 0 spiro atoms. The van der Waals surface area contributed by atoms with Crippen LogP contribution >= 0.6 is 11.3 Å². The highest BCUT2D eigenvalue weighted by atomic mass is 32.2. The van der Waals surface area contributed by atoms with Crippen LogP contribution < -0.4 is 5.32 Å². The summed E-state index contributed by atoms with van der Waals surface area (Å²) < 4.78 is 31.0. The van der Waals surface area contributed by atoms with Crippen LogP contribution in [-0.4, -0.2) is 25.9 Å². The number of nitrogens with one attached hydrogen (secondary N) is 1. The van der Waals surface area contributed by atoms with Crippen molar-refractivity contribution in [1.82, 2.24) is 10.3 Å². The first-order valence-corrected chi connectivity index (χ1v) is 12.6. The fourth-order valence-electron chi connectivity index (χ4n) is 3.20. The molecule has 2 heterocycles. The molecule has 8 heteroatoms. The maximum Gasteiger partial charge on any atom is 0.251 e. The highest BCUT2D eigenvalue weighted by molar-refractivity contribution is 7.90. The van der Waals surface area contributed by atoms with Crippen LogP contribution in [0, 0.1) is 6.92 Å². The third-order valence-electron chi connectivity index (χ3n) is 4.95. The number of aryl methyl sites for hydroxylation is 1. The lowest BCUT2D eigenvalue weighted by molar-refractivity contribution is 0.0954. The molecule has 0 aliphatic heterocycles. The maximum absolute atomic E-state index is 12.7. The lowest BCUT2D eigenvalue weighted by Crippen LogP contribution is -2.25. The predicted molar refractivity (Wildman–Crippen MR) is 124 cm³/mol. The minimum Gasteiger partial charge on any atom is -0.441 e. The standard InChI is InChI=1S/C24H22N2O4S2/c1-17-22(16-32(28,29)21-7-3-2-4-8-21)26-24(30-17)19-11-9-18(10-12-19)23(27)25-14-13-20-6-5-15-31-20/h2-12,15H,13-14,16H2,1H3,(H,25,27). The second-order valence-electron chi connectivity index (χ2n) is 7.26. The third-order valence-corrected chi connectivity index (χ3v) is 7.53. The molecule has 164 valence electrons. The molecule has 6 nitrogen and oxygen atoms in total. The summed E-state index contributed by atoms with van der Waals surface area (Å²) in [6, 6.07) is 19.2. The minimum atomic E-state index is -3.52. The van der Waals surface area contributed by atoms with Crippen LogP contribution in [0.15, 0.2) is 81.4 Å². The summed E-state index contributed by atoms with van der Waals surface area (Å²) in [5.41, 5.74) is 1.58. The number of sulfone groups is 1. The summed E-state index contributed by atoms with van der Waals surface area (Å²) in [5.74, 6) is 0.392. The fourth-order valence-corrected chi connectivity index (χ4v) is 5.27. The zero-order valence-electron chi connectivity index (χ0n) is 17.4. The van der Waals surface area contributed by atoms with Gasteiger partial charge >= 0.3 is 0 Å². The summed E-state index contributed by atoms with van der Waals surface area (Å²) >= 11 is 1.67. The van der Waals surface area contributed by atoms with Gasteiger partial charge in [0.1, 0.15) is 11.5 Å². The van der Waals surface area contributed by atoms with Crippen molar-refractivity contribution in [2.75, 3.05) is 6.54 Å². The van der Waals surface area contributed by atoms with Crippen molar-refractivity contribution in [2.24, 2.45) is 0 Å². The third kappa shape index (κ3) is 5.15. The number of hydrogen-bond donors (Lipinski definition) is 1. The normalized spacial score (nSPS) is 11.4. The van der Waals surface area contributed by atoms with E-state index in [1.54, 1.807) is 72.9 Å². The molecule has 4 aromatic rings. The summed E-state index contributed by atoms with van der Waals surface area (Å²) in [7, 11) is -3.52. The van der Waals surface area contributed by atoms with Gasteiger partial charge in [0.25, 0.3) is 5.91 Å². The van der Waals surface area contributed by atoms with Gasteiger partial charge in [-0.05, 0) is 61.2 Å². The summed E-state index contributed by atoms with van der Waals surface area (Å²) in [6.45, 7) is 2.26. The topological polar surface area (TPSA) is 89.3 Å². The maximum atomic E-state index is 12.7. The van der Waals surface area contributed by atoms with Gasteiger partial charge in [0.2, 0.25) is 5.89 Å². The molecule has 0 bridgehead atoms. The monoisotopic (exact) mass is 466 g/mol. The second kappa shape index (κ2) is 9.50. The highest BCUT2D eigenvalue weighted by Crippen LogP contribution is 2.25. The van der Waals surface area contributed by atoms with Crippen LogP contribution in [-0.2, 0) is 22.0 Å². The van der Waals surface area contributed by atoms with Gasteiger partial charge in [-0.25, -0.2) is 13.4 Å². The van der Waals surface area contributed by atoms with Crippen LogP contribution in [0.3, 0.4) is 0 Å². The predicted octanol–water partition coefficient (Wildman–Crippen LogP) is 4.66. The van der Waals surface area contributed by atoms with Crippen LogP contribution in [0.4, 0.5) is 0 Å². The Bertz CT molecular complexity index is 1290. The molecule has 1 amide bonds. The smallest absolute Gasteiger partial charge is 0.251 e. The highest BCUT2D eigenvalue weighted by Gasteiger charge is 2.21. The van der Waals surface area contributed by atoms with Crippen LogP contribution in [0.2, 0.25) is 0 Å². The number of carbonyl (C=O) groups excluding carboxylic acids is 1. The summed E-state index contributed by atoms with van der Waals surface area (Å²) in [6.07, 6.45) is 0.797. The van der Waals surface area contributed by atoms with E-state index in [-0.39, 0.29) is 16.6 Å². The Morgan fingerprint density at radius 1 is 1.03 bits per heavy atom. The summed E-state index contributed by atoms with van der Waals surface area (Å²) in [5, 5.41) is 4.93. The van der Waals surface area contributed by atoms with Gasteiger partial charge in [-0.2, -0.15) is 0 Å². The van der Waals surface area contributed by atoms with E-state index >= 15 is 0 Å². The molecule has 0 unspecified atom stereocenters. The Morgan fingerprint density at radius 2 is 1.78 bits per heavy atom. The first-order chi connectivity index (χ1) is 15.4. The van der Waals surface area contributed by atoms with Gasteiger partial charge in [-0.1, -0.05) is 24.3 Å². The van der Waals surface area contributed by atoms with Crippen molar-refractivity contribution in [3.8, 4) is 11.5 Å². The minimum absolute atomic E-state index is 0.147. The van der Waals surface area contributed by atoms with E-state index in [0.29, 0.717) is 35.0 Å². The number of thiophene rings is 1. The quantitative estimate of drug-likeness (QED) is 0.408. The SMILES string of the molecule is Cc1oc(-c2ccc(C(=O)NCCc3cccs3)cc2)nc1CS(=O)(=O)c1ccccc1. The van der Waals surface area contributed by atoms with E-state index in [4.69, 9.17) is 4.42 Å². The molecule has 32 heavy (non-hydrogen) atoms. The van der Waals surface area contributed by atoms with Crippen molar-refractivity contribution < 1.29 is 17.6 Å². The van der Waals surface area contributed by atoms with Crippen molar-refractivity contribution in [2.45, 2.75) is 24.0 Å². The van der Waals surface area contributed by atoms with Crippen molar-refractivity contribution in [1.29, 1.82) is 0 Å². The van der Waals surface area contributed by atoms with E-state index in [9.17, 15) is 13.2 Å². The Kier molecular flexibility index (Phi) is 6.53. The van der Waals surface area contributed by atoms with Gasteiger partial charge in [0, 0.05) is 22.5 Å². The molecule has 2 aromatic carbocycles. The molecule has 2 aromatic heterocycles. The first kappa shape index (κ1) is 22.0. The van der Waals surface area contributed by atoms with Gasteiger partial charge in [0.15, 0.2) is 9.84 Å². The lowest BCUT2D eigenvalue weighted by atomic mass is 10.1. The van der Waals surface area contributed by atoms with Gasteiger partial charge in [-0.15, -0.1) is 11.3 Å². The first-order valence-electron chi connectivity index (χ1n) is 10.1. The molecule has 0 atom stereocenters. The van der Waals surface area contributed by atoms with E-state index in [1.807, 2.05) is 17.5 Å². The molecule has 0 radical (unpaired) electrons. The molecule has 1 N–H and O–H groups in total. The number of oxazole rings is 1. The Morgan fingerprint density at radius 3 is 2.47 bits per heavy atom. The van der Waals surface area contributed by atoms with Crippen LogP contribution in [0.5, 0.6) is 0 Å². The van der Waals surface area contributed by atoms with E-state index in [0.717, 1.165) is 6.42 Å². The molecular weight excluding hydrogens is 444 g/mol. The Balaban J connectivity index is 1.42. The van der Waals surface area contributed by atoms with Crippen molar-refractivity contribution >= 4 is 27.1 Å². The number of benzene rings is 2. The number of nitrogens with zero attached hydrogens (tertiary/aromatic N) is 1. The Hall–Kier alpha value is -3.23. The second-order valence-corrected chi connectivity index (χ2v) is 10.3. The zero-order valence-corrected chi connectivity index (χ0v) is 19.1. The molecule has 0 saturated heterocycles. The van der Waals surface area contributed by atoms with Crippen molar-refractivity contribution in [3.05, 3.63) is 94.0 Å². The summed E-state index contributed by atoms with van der Waals surface area (Å²) in [4.78, 5) is 18.2. The van der Waals surface area contributed by atoms with Crippen molar-refractivity contribution in [3.63, 3.8) is 0 Å². The average Bonchev–Trinajstić information content (AvgIpc) is 3.44. The van der Waals surface area contributed by atoms with Gasteiger partial charge in [0.05, 0.1) is 10.6 Å². The van der Waals surface area contributed by atoms with Crippen LogP contribution in [0.25, 0.3) is 11.5 Å². The van der Waals surface area contributed by atoms with Gasteiger partial charge in [-0.3, -0.25) is 4.79 Å². The molecule has 0 fully saturated rings. The Labute approximate surface area is 190 Å². The van der Waals surface area contributed by atoms with E-state index < -0.39 is 9.84 Å². The molecule has 0 aliphatic carbocycles. The average molecular weight is 467 g/mol. The number of amides is 1. The number of carbonyl (C=O) groups is 1. The lowest BCUT2D eigenvalue weighted by Gasteiger charge is -2.05. The number of aromatic nitrogens is 1. The number of rotatable bonds is 8. The fraction of sp³-hybridized carbons (Fsp3) is 0.167. The molecule has 4 rings (SSSR count). The van der Waals surface area contributed by atoms with Crippen LogP contribution in [0.1, 0.15) is 26.7 Å². The zero-order chi connectivity index (χ0) is 22.6. The number of hydrogen-bond acceptors (Lipinski definition) is 6. The van der Waals surface area contributed by atoms with E-state index in [2.05, 4.69) is 10.3 Å². The molecule has 0 aliphatic rings. The van der Waals surface area contributed by atoms with Gasteiger partial charge < -0.3 is 9.73 Å².